The highest BCUT2D eigenvalue weighted by Gasteiger charge is 2.13. The van der Waals surface area contributed by atoms with E-state index in [-0.39, 0.29) is 0 Å². The van der Waals surface area contributed by atoms with E-state index in [2.05, 4.69) is 29.1 Å². The molecule has 0 saturated carbocycles. The van der Waals surface area contributed by atoms with Crippen LogP contribution in [0.2, 0.25) is 0 Å². The lowest BCUT2D eigenvalue weighted by Crippen LogP contribution is -1.96. The van der Waals surface area contributed by atoms with E-state index in [9.17, 15) is 0 Å². The second-order valence-electron chi connectivity index (χ2n) is 4.81. The van der Waals surface area contributed by atoms with Crippen LogP contribution in [0.25, 0.3) is 15.5 Å². The fraction of sp³-hybridized carbons (Fsp3) is 0.357. The quantitative estimate of drug-likeness (QED) is 0.720. The van der Waals surface area contributed by atoms with E-state index in [4.69, 9.17) is 4.74 Å². The van der Waals surface area contributed by atoms with Crippen LogP contribution in [0, 0.1) is 0 Å². The molecule has 1 aromatic carbocycles. The highest BCUT2D eigenvalue weighted by molar-refractivity contribution is 7.99. The van der Waals surface area contributed by atoms with Crippen molar-refractivity contribution in [2.24, 2.45) is 0 Å². The highest BCUT2D eigenvalue weighted by atomic mass is 32.2. The Bertz CT molecular complexity index is 733. The van der Waals surface area contributed by atoms with E-state index >= 15 is 0 Å². The zero-order valence-electron chi connectivity index (χ0n) is 12.1. The van der Waals surface area contributed by atoms with Gasteiger partial charge in [0, 0.05) is 5.56 Å². The van der Waals surface area contributed by atoms with E-state index in [1.807, 2.05) is 40.5 Å². The fourth-order valence-electron chi connectivity index (χ4n) is 1.84. The third-order valence-corrected chi connectivity index (χ3v) is 4.98. The molecule has 0 bridgehead atoms. The summed E-state index contributed by atoms with van der Waals surface area (Å²) >= 11 is 3.39. The summed E-state index contributed by atoms with van der Waals surface area (Å²) in [4.78, 5) is 0.833. The SMILES string of the molecule is COc1ccc(-c2nn3c(CSC(C)C)nnc3s2)cc1. The Hall–Kier alpha value is -1.60. The molecule has 5 nitrogen and oxygen atoms in total. The van der Waals surface area contributed by atoms with Gasteiger partial charge in [-0.05, 0) is 29.5 Å². The van der Waals surface area contributed by atoms with Gasteiger partial charge in [-0.3, -0.25) is 0 Å². The molecule has 2 aromatic heterocycles. The third-order valence-electron chi connectivity index (χ3n) is 2.94. The van der Waals surface area contributed by atoms with Crippen molar-refractivity contribution >= 4 is 28.1 Å². The number of benzene rings is 1. The molecule has 0 saturated heterocycles. The lowest BCUT2D eigenvalue weighted by Gasteiger charge is -2.01. The predicted molar refractivity (Wildman–Crippen MR) is 87.1 cm³/mol. The van der Waals surface area contributed by atoms with Gasteiger partial charge in [-0.2, -0.15) is 21.4 Å². The Morgan fingerprint density at radius 1 is 1.24 bits per heavy atom. The number of hydrogen-bond acceptors (Lipinski definition) is 6. The number of methoxy groups -OCH3 is 1. The first-order chi connectivity index (χ1) is 10.2. The van der Waals surface area contributed by atoms with Crippen molar-refractivity contribution in [2.45, 2.75) is 24.9 Å². The molecule has 0 aliphatic rings. The van der Waals surface area contributed by atoms with Crippen LogP contribution in [-0.2, 0) is 5.75 Å². The van der Waals surface area contributed by atoms with Gasteiger partial charge in [0.1, 0.15) is 10.8 Å². The van der Waals surface area contributed by atoms with Crippen molar-refractivity contribution in [3.63, 3.8) is 0 Å². The van der Waals surface area contributed by atoms with Crippen LogP contribution in [0.4, 0.5) is 0 Å². The molecule has 2 heterocycles. The van der Waals surface area contributed by atoms with Gasteiger partial charge in [0.25, 0.3) is 0 Å². The minimum absolute atomic E-state index is 0.567. The van der Waals surface area contributed by atoms with Gasteiger partial charge in [0.2, 0.25) is 4.96 Å². The summed E-state index contributed by atoms with van der Waals surface area (Å²) in [6.07, 6.45) is 0. The first-order valence-corrected chi connectivity index (χ1v) is 8.51. The van der Waals surface area contributed by atoms with E-state index in [1.54, 1.807) is 18.4 Å². The second-order valence-corrected chi connectivity index (χ2v) is 7.33. The highest BCUT2D eigenvalue weighted by Crippen LogP contribution is 2.27. The number of fused-ring (bicyclic) bond motifs is 1. The van der Waals surface area contributed by atoms with Crippen LogP contribution >= 0.6 is 23.1 Å². The molecule has 0 radical (unpaired) electrons. The molecule has 0 atom stereocenters. The third kappa shape index (κ3) is 3.03. The summed E-state index contributed by atoms with van der Waals surface area (Å²) in [6, 6.07) is 7.89. The molecule has 7 heteroatoms. The zero-order chi connectivity index (χ0) is 14.8. The Morgan fingerprint density at radius 2 is 2.00 bits per heavy atom. The van der Waals surface area contributed by atoms with Gasteiger partial charge in [-0.15, -0.1) is 10.2 Å². The summed E-state index contributed by atoms with van der Waals surface area (Å²) in [5.74, 6) is 2.57. The maximum absolute atomic E-state index is 5.18. The average Bonchev–Trinajstić information content (AvgIpc) is 3.06. The summed E-state index contributed by atoms with van der Waals surface area (Å²) in [7, 11) is 1.66. The molecule has 0 aliphatic carbocycles. The molecular formula is C14H16N4OS2. The van der Waals surface area contributed by atoms with Crippen molar-refractivity contribution in [1.82, 2.24) is 19.8 Å². The summed E-state index contributed by atoms with van der Waals surface area (Å²) in [5.41, 5.74) is 1.06. The Labute approximate surface area is 131 Å². The minimum Gasteiger partial charge on any atom is -0.497 e. The fourth-order valence-corrected chi connectivity index (χ4v) is 3.37. The van der Waals surface area contributed by atoms with Crippen molar-refractivity contribution in [2.75, 3.05) is 7.11 Å². The normalized spacial score (nSPS) is 11.4. The summed E-state index contributed by atoms with van der Waals surface area (Å²) in [5, 5.41) is 14.6. The van der Waals surface area contributed by atoms with Crippen LogP contribution in [0.15, 0.2) is 24.3 Å². The lowest BCUT2D eigenvalue weighted by atomic mass is 10.2. The molecule has 3 rings (SSSR count). The lowest BCUT2D eigenvalue weighted by molar-refractivity contribution is 0.415. The molecule has 0 N–H and O–H groups in total. The molecule has 3 aromatic rings. The van der Waals surface area contributed by atoms with Gasteiger partial charge >= 0.3 is 0 Å². The van der Waals surface area contributed by atoms with E-state index < -0.39 is 0 Å². The molecule has 0 amide bonds. The Kier molecular flexibility index (Phi) is 4.12. The van der Waals surface area contributed by atoms with Crippen molar-refractivity contribution in [3.05, 3.63) is 30.1 Å². The van der Waals surface area contributed by atoms with Crippen LogP contribution in [0.3, 0.4) is 0 Å². The largest absolute Gasteiger partial charge is 0.497 e. The molecule has 0 spiro atoms. The number of thioether (sulfide) groups is 1. The van der Waals surface area contributed by atoms with Gasteiger partial charge in [-0.1, -0.05) is 25.2 Å². The number of aromatic nitrogens is 4. The maximum atomic E-state index is 5.18. The standard InChI is InChI=1S/C14H16N4OS2/c1-9(2)20-8-12-15-16-14-18(12)17-13(21-14)10-4-6-11(19-3)7-5-10/h4-7,9H,8H2,1-3H3. The molecule has 21 heavy (non-hydrogen) atoms. The number of rotatable bonds is 5. The zero-order valence-corrected chi connectivity index (χ0v) is 13.7. The topological polar surface area (TPSA) is 52.3 Å². The van der Waals surface area contributed by atoms with Crippen LogP contribution in [0.1, 0.15) is 19.7 Å². The monoisotopic (exact) mass is 320 g/mol. The summed E-state index contributed by atoms with van der Waals surface area (Å²) < 4.78 is 7.02. The molecule has 0 unspecified atom stereocenters. The molecule has 0 fully saturated rings. The van der Waals surface area contributed by atoms with E-state index in [0.717, 1.165) is 32.9 Å². The smallest absolute Gasteiger partial charge is 0.235 e. The molecule has 0 aliphatic heterocycles. The van der Waals surface area contributed by atoms with Gasteiger partial charge < -0.3 is 4.74 Å². The number of ether oxygens (including phenoxy) is 1. The second kappa shape index (κ2) is 6.03. The van der Waals surface area contributed by atoms with Crippen molar-refractivity contribution < 1.29 is 4.74 Å². The van der Waals surface area contributed by atoms with Gasteiger partial charge in [0.05, 0.1) is 12.9 Å². The van der Waals surface area contributed by atoms with Crippen molar-refractivity contribution in [3.8, 4) is 16.3 Å². The first kappa shape index (κ1) is 14.3. The van der Waals surface area contributed by atoms with Crippen LogP contribution < -0.4 is 4.74 Å². The first-order valence-electron chi connectivity index (χ1n) is 6.64. The summed E-state index contributed by atoms with van der Waals surface area (Å²) in [6.45, 7) is 4.35. The van der Waals surface area contributed by atoms with Crippen molar-refractivity contribution in [1.29, 1.82) is 0 Å². The average molecular weight is 320 g/mol. The number of nitrogens with zero attached hydrogens (tertiary/aromatic N) is 4. The molecular weight excluding hydrogens is 304 g/mol. The van der Waals surface area contributed by atoms with Crippen LogP contribution in [-0.4, -0.2) is 32.2 Å². The Morgan fingerprint density at radius 3 is 2.67 bits per heavy atom. The van der Waals surface area contributed by atoms with Crippen LogP contribution in [0.5, 0.6) is 5.75 Å². The molecule has 110 valence electrons. The van der Waals surface area contributed by atoms with E-state index in [1.165, 1.54) is 0 Å². The number of hydrogen-bond donors (Lipinski definition) is 0. The predicted octanol–water partition coefficient (Wildman–Crippen LogP) is 3.50. The minimum atomic E-state index is 0.567. The van der Waals surface area contributed by atoms with Gasteiger partial charge in [-0.25, -0.2) is 0 Å². The van der Waals surface area contributed by atoms with Gasteiger partial charge in [0.15, 0.2) is 5.82 Å². The van der Waals surface area contributed by atoms with E-state index in [0.29, 0.717) is 5.25 Å². The maximum Gasteiger partial charge on any atom is 0.235 e. The Balaban J connectivity index is 1.89.